The molecule has 0 radical (unpaired) electrons. The van der Waals surface area contributed by atoms with E-state index in [9.17, 15) is 14.0 Å². The molecule has 1 atom stereocenters. The molecule has 2 aliphatic rings. The Morgan fingerprint density at radius 3 is 2.53 bits per heavy atom. The number of nitrogens with one attached hydrogen (secondary N) is 1. The van der Waals surface area contributed by atoms with Gasteiger partial charge in [-0.2, -0.15) is 0 Å². The fraction of sp³-hybridized carbons (Fsp3) is 0.440. The molecule has 1 N–H and O–H groups in total. The third-order valence-electron chi connectivity index (χ3n) is 6.63. The van der Waals surface area contributed by atoms with E-state index in [0.29, 0.717) is 36.3 Å². The van der Waals surface area contributed by atoms with Gasteiger partial charge in [-0.25, -0.2) is 29.5 Å². The van der Waals surface area contributed by atoms with Gasteiger partial charge in [-0.3, -0.25) is 13.9 Å². The normalized spacial score (nSPS) is 18.8. The third kappa shape index (κ3) is 5.63. The second-order valence-electron chi connectivity index (χ2n) is 9.13. The highest BCUT2D eigenvalue weighted by Gasteiger charge is 2.23. The van der Waals surface area contributed by atoms with E-state index in [1.54, 1.807) is 29.1 Å². The summed E-state index contributed by atoms with van der Waals surface area (Å²) >= 11 is 0. The van der Waals surface area contributed by atoms with Crippen LogP contribution in [0.4, 0.5) is 10.3 Å². The van der Waals surface area contributed by atoms with Crippen LogP contribution in [0.3, 0.4) is 0 Å². The lowest BCUT2D eigenvalue weighted by Crippen LogP contribution is -2.37. The summed E-state index contributed by atoms with van der Waals surface area (Å²) in [5.41, 5.74) is 3.22. The van der Waals surface area contributed by atoms with Gasteiger partial charge < -0.3 is 9.64 Å². The highest BCUT2D eigenvalue weighted by Crippen LogP contribution is 2.22. The van der Waals surface area contributed by atoms with Crippen molar-refractivity contribution >= 4 is 11.9 Å². The van der Waals surface area contributed by atoms with Crippen molar-refractivity contribution in [3.05, 3.63) is 70.9 Å². The van der Waals surface area contributed by atoms with Crippen LogP contribution in [0.15, 0.2) is 53.8 Å². The maximum Gasteiger partial charge on any atom is 0.332 e. The number of nitrogens with zero attached hydrogens (tertiary/aromatic N) is 5. The Morgan fingerprint density at radius 2 is 1.83 bits per heavy atom. The SMILES string of the molecule is O=C(NOC1CCCCO1)c1cnc(N2CCC(Cn3ccn(-c4ccc(F)cc4)c3=O)CC2)nc1. The number of ether oxygens (including phenoxy) is 1. The van der Waals surface area contributed by atoms with Gasteiger partial charge in [0.1, 0.15) is 5.82 Å². The van der Waals surface area contributed by atoms with Crippen molar-refractivity contribution in [2.24, 2.45) is 5.92 Å². The first kappa shape index (κ1) is 24.1. The first-order chi connectivity index (χ1) is 17.6. The quantitative estimate of drug-likeness (QED) is 0.502. The summed E-state index contributed by atoms with van der Waals surface area (Å²) < 4.78 is 21.8. The van der Waals surface area contributed by atoms with Crippen molar-refractivity contribution in [3.63, 3.8) is 0 Å². The number of hydrogen-bond donors (Lipinski definition) is 1. The maximum absolute atomic E-state index is 13.2. The maximum atomic E-state index is 13.2. The molecule has 0 aliphatic carbocycles. The molecule has 1 aromatic carbocycles. The van der Waals surface area contributed by atoms with E-state index < -0.39 is 12.2 Å². The smallest absolute Gasteiger partial charge is 0.332 e. The number of carbonyl (C=O) groups excluding carboxylic acids is 1. The lowest BCUT2D eigenvalue weighted by molar-refractivity contribution is -0.186. The van der Waals surface area contributed by atoms with E-state index >= 15 is 0 Å². The number of imidazole rings is 1. The van der Waals surface area contributed by atoms with Gasteiger partial charge in [0, 0.05) is 57.4 Å². The molecule has 5 rings (SSSR count). The molecule has 0 spiro atoms. The fourth-order valence-electron chi connectivity index (χ4n) is 4.53. The van der Waals surface area contributed by atoms with Crippen LogP contribution >= 0.6 is 0 Å². The Hall–Kier alpha value is -3.57. The first-order valence-corrected chi connectivity index (χ1v) is 12.2. The number of amides is 1. The zero-order chi connectivity index (χ0) is 24.9. The lowest BCUT2D eigenvalue weighted by atomic mass is 9.97. The number of carbonyl (C=O) groups is 1. The summed E-state index contributed by atoms with van der Waals surface area (Å²) in [7, 11) is 0. The molecule has 36 heavy (non-hydrogen) atoms. The van der Waals surface area contributed by atoms with Crippen LogP contribution in [0, 0.1) is 11.7 Å². The van der Waals surface area contributed by atoms with Crippen molar-refractivity contribution < 1.29 is 18.8 Å². The standard InChI is InChI=1S/C25H29FN6O4/c26-20-4-6-21(7-5-20)32-13-12-31(25(32)34)17-18-8-10-30(11-9-18)24-27-15-19(16-28-24)23(33)29-36-22-3-1-2-14-35-22/h4-7,12-13,15-16,18,22H,1-3,8-11,14,17H2,(H,29,33). The molecule has 1 amide bonds. The number of aromatic nitrogens is 4. The molecule has 4 heterocycles. The van der Waals surface area contributed by atoms with Gasteiger partial charge >= 0.3 is 5.69 Å². The molecule has 11 heteroatoms. The van der Waals surface area contributed by atoms with Crippen LogP contribution in [0.1, 0.15) is 42.5 Å². The first-order valence-electron chi connectivity index (χ1n) is 12.2. The second-order valence-corrected chi connectivity index (χ2v) is 9.13. The molecule has 10 nitrogen and oxygen atoms in total. The van der Waals surface area contributed by atoms with Crippen molar-refractivity contribution in [2.45, 2.75) is 44.9 Å². The van der Waals surface area contributed by atoms with E-state index in [-0.39, 0.29) is 11.5 Å². The van der Waals surface area contributed by atoms with Gasteiger partial charge in [-0.05, 0) is 55.9 Å². The molecule has 2 aromatic heterocycles. The molecule has 2 saturated heterocycles. The zero-order valence-corrected chi connectivity index (χ0v) is 19.9. The van der Waals surface area contributed by atoms with E-state index in [0.717, 1.165) is 45.2 Å². The molecule has 190 valence electrons. The summed E-state index contributed by atoms with van der Waals surface area (Å²) in [6, 6.07) is 5.87. The predicted octanol–water partition coefficient (Wildman–Crippen LogP) is 2.67. The Kier molecular flexibility index (Phi) is 7.38. The largest absolute Gasteiger partial charge is 0.350 e. The van der Waals surface area contributed by atoms with Gasteiger partial charge in [0.25, 0.3) is 5.91 Å². The van der Waals surface area contributed by atoms with E-state index in [2.05, 4.69) is 20.3 Å². The molecule has 2 fully saturated rings. The molecule has 2 aliphatic heterocycles. The monoisotopic (exact) mass is 496 g/mol. The molecular weight excluding hydrogens is 467 g/mol. The highest BCUT2D eigenvalue weighted by atomic mass is 19.1. The third-order valence-corrected chi connectivity index (χ3v) is 6.63. The van der Waals surface area contributed by atoms with Gasteiger partial charge in [0.2, 0.25) is 5.95 Å². The number of halogens is 1. The fourth-order valence-corrected chi connectivity index (χ4v) is 4.53. The predicted molar refractivity (Wildman–Crippen MR) is 129 cm³/mol. The Morgan fingerprint density at radius 1 is 1.08 bits per heavy atom. The van der Waals surface area contributed by atoms with Crippen LogP contribution < -0.4 is 16.1 Å². The second kappa shape index (κ2) is 11.0. The van der Waals surface area contributed by atoms with Crippen LogP contribution in [-0.2, 0) is 16.1 Å². The van der Waals surface area contributed by atoms with Crippen LogP contribution in [0.2, 0.25) is 0 Å². The lowest BCUT2D eigenvalue weighted by Gasteiger charge is -2.32. The molecule has 0 saturated carbocycles. The van der Waals surface area contributed by atoms with Crippen LogP contribution in [0.5, 0.6) is 0 Å². The van der Waals surface area contributed by atoms with Gasteiger partial charge in [0.05, 0.1) is 11.3 Å². The number of rotatable bonds is 7. The average Bonchev–Trinajstić information content (AvgIpc) is 3.28. The van der Waals surface area contributed by atoms with Crippen LogP contribution in [-0.4, -0.2) is 51.0 Å². The van der Waals surface area contributed by atoms with Gasteiger partial charge in [0.15, 0.2) is 6.29 Å². The van der Waals surface area contributed by atoms with Crippen molar-refractivity contribution in [1.82, 2.24) is 24.6 Å². The Balaban J connectivity index is 1.11. The van der Waals surface area contributed by atoms with E-state index in [1.165, 1.54) is 29.1 Å². The summed E-state index contributed by atoms with van der Waals surface area (Å²) in [4.78, 5) is 41.2. The number of piperidine rings is 1. The Bertz CT molecular complexity index is 1210. The summed E-state index contributed by atoms with van der Waals surface area (Å²) in [6.45, 7) is 2.76. The minimum atomic E-state index is -0.415. The Labute approximate surface area is 207 Å². The molecule has 1 unspecified atom stereocenters. The highest BCUT2D eigenvalue weighted by molar-refractivity contribution is 5.92. The van der Waals surface area contributed by atoms with Crippen molar-refractivity contribution in [3.8, 4) is 5.69 Å². The van der Waals surface area contributed by atoms with Crippen molar-refractivity contribution in [2.75, 3.05) is 24.6 Å². The molecular formula is C25H29FN6O4. The number of anilines is 1. The topological polar surface area (TPSA) is 104 Å². The van der Waals surface area contributed by atoms with Gasteiger partial charge in [-0.15, -0.1) is 0 Å². The minimum absolute atomic E-state index is 0.139. The van der Waals surface area contributed by atoms with Gasteiger partial charge in [-0.1, -0.05) is 0 Å². The zero-order valence-electron chi connectivity index (χ0n) is 19.9. The average molecular weight is 497 g/mol. The number of benzene rings is 1. The molecule has 3 aromatic rings. The van der Waals surface area contributed by atoms with Crippen molar-refractivity contribution in [1.29, 1.82) is 0 Å². The van der Waals surface area contributed by atoms with E-state index in [1.807, 2.05) is 0 Å². The van der Waals surface area contributed by atoms with E-state index in [4.69, 9.17) is 9.57 Å². The summed E-state index contributed by atoms with van der Waals surface area (Å²) in [5, 5.41) is 0. The number of hydrogen-bond acceptors (Lipinski definition) is 7. The number of hydroxylamine groups is 1. The molecule has 0 bridgehead atoms. The minimum Gasteiger partial charge on any atom is -0.350 e. The van der Waals surface area contributed by atoms with Crippen LogP contribution in [0.25, 0.3) is 5.69 Å². The summed E-state index contributed by atoms with van der Waals surface area (Å²) in [6.07, 6.45) is 10.6. The summed E-state index contributed by atoms with van der Waals surface area (Å²) in [5.74, 6) is 0.166.